The first-order valence-corrected chi connectivity index (χ1v) is 8.21. The number of hydrogen-bond acceptors (Lipinski definition) is 2. The third-order valence-corrected chi connectivity index (χ3v) is 4.52. The zero-order chi connectivity index (χ0) is 17.0. The van der Waals surface area contributed by atoms with Gasteiger partial charge in [-0.1, -0.05) is 29.8 Å². The number of rotatable bonds is 5. The van der Waals surface area contributed by atoms with Crippen molar-refractivity contribution >= 4 is 33.4 Å². The quantitative estimate of drug-likeness (QED) is 0.814. The van der Waals surface area contributed by atoms with Gasteiger partial charge in [0, 0.05) is 16.0 Å². The van der Waals surface area contributed by atoms with Gasteiger partial charge in [-0.3, -0.25) is 4.79 Å². The highest BCUT2D eigenvalue weighted by Crippen LogP contribution is 2.25. The molecule has 0 aliphatic rings. The number of amides is 1. The second kappa shape index (κ2) is 7.90. The van der Waals surface area contributed by atoms with Crippen LogP contribution in [0.2, 0.25) is 5.02 Å². The fourth-order valence-corrected chi connectivity index (χ4v) is 3.07. The van der Waals surface area contributed by atoms with Crippen LogP contribution in [-0.2, 0) is 0 Å². The standard InChI is InChI=1S/C17H17BrClFN2O/c1-22(2)16(13-5-3-4-6-15(13)19)10-21-17(23)12-8-7-11(20)9-14(12)18/h3-9,16H,10H2,1-2H3,(H,21,23)/t16-/m0/s1. The smallest absolute Gasteiger partial charge is 0.252 e. The molecule has 2 rings (SSSR count). The van der Waals surface area contributed by atoms with E-state index in [1.807, 2.05) is 43.3 Å². The minimum Gasteiger partial charge on any atom is -0.350 e. The van der Waals surface area contributed by atoms with Crippen LogP contribution in [0, 0.1) is 5.82 Å². The number of carbonyl (C=O) groups excluding carboxylic acids is 1. The molecule has 3 nitrogen and oxygen atoms in total. The van der Waals surface area contributed by atoms with E-state index in [4.69, 9.17) is 11.6 Å². The third-order valence-electron chi connectivity index (χ3n) is 3.52. The highest BCUT2D eigenvalue weighted by molar-refractivity contribution is 9.10. The molecule has 1 atom stereocenters. The Labute approximate surface area is 148 Å². The molecule has 1 amide bonds. The van der Waals surface area contributed by atoms with Gasteiger partial charge in [0.05, 0.1) is 11.6 Å². The predicted octanol–water partition coefficient (Wildman–Crippen LogP) is 4.27. The molecular weight excluding hydrogens is 383 g/mol. The summed E-state index contributed by atoms with van der Waals surface area (Å²) in [6.45, 7) is 0.388. The van der Waals surface area contributed by atoms with Gasteiger partial charge in [-0.15, -0.1) is 0 Å². The minimum atomic E-state index is -0.393. The number of benzene rings is 2. The lowest BCUT2D eigenvalue weighted by molar-refractivity contribution is 0.0941. The molecule has 0 spiro atoms. The first-order chi connectivity index (χ1) is 10.9. The van der Waals surface area contributed by atoms with Crippen molar-refractivity contribution in [3.8, 4) is 0 Å². The van der Waals surface area contributed by atoms with Gasteiger partial charge in [0.15, 0.2) is 0 Å². The Kier molecular flexibility index (Phi) is 6.16. The maximum atomic E-state index is 13.1. The van der Waals surface area contributed by atoms with Crippen molar-refractivity contribution in [3.63, 3.8) is 0 Å². The van der Waals surface area contributed by atoms with Gasteiger partial charge in [-0.05, 0) is 59.9 Å². The molecule has 0 aliphatic heterocycles. The van der Waals surface area contributed by atoms with Crippen molar-refractivity contribution in [2.75, 3.05) is 20.6 Å². The van der Waals surface area contributed by atoms with Gasteiger partial charge in [0.25, 0.3) is 5.91 Å². The molecule has 2 aromatic carbocycles. The SMILES string of the molecule is CN(C)[C@@H](CNC(=O)c1ccc(F)cc1Br)c1ccccc1Cl. The van der Waals surface area contributed by atoms with Crippen molar-refractivity contribution < 1.29 is 9.18 Å². The zero-order valence-electron chi connectivity index (χ0n) is 12.8. The van der Waals surface area contributed by atoms with Crippen LogP contribution in [0.25, 0.3) is 0 Å². The lowest BCUT2D eigenvalue weighted by atomic mass is 10.1. The summed E-state index contributed by atoms with van der Waals surface area (Å²) in [5.74, 6) is -0.661. The average Bonchev–Trinajstić information content (AvgIpc) is 2.48. The van der Waals surface area contributed by atoms with E-state index < -0.39 is 5.82 Å². The van der Waals surface area contributed by atoms with Crippen molar-refractivity contribution in [1.29, 1.82) is 0 Å². The van der Waals surface area contributed by atoms with E-state index in [0.29, 0.717) is 21.6 Å². The van der Waals surface area contributed by atoms with Gasteiger partial charge in [0.2, 0.25) is 0 Å². The second-order valence-electron chi connectivity index (χ2n) is 5.34. The number of hydrogen-bond donors (Lipinski definition) is 1. The van der Waals surface area contributed by atoms with Crippen LogP contribution in [-0.4, -0.2) is 31.4 Å². The normalized spacial score (nSPS) is 12.3. The van der Waals surface area contributed by atoms with Crippen molar-refractivity contribution in [1.82, 2.24) is 10.2 Å². The second-order valence-corrected chi connectivity index (χ2v) is 6.60. The van der Waals surface area contributed by atoms with Crippen LogP contribution in [0.1, 0.15) is 22.0 Å². The van der Waals surface area contributed by atoms with Crippen LogP contribution < -0.4 is 5.32 Å². The van der Waals surface area contributed by atoms with Crippen LogP contribution in [0.5, 0.6) is 0 Å². The maximum Gasteiger partial charge on any atom is 0.252 e. The fraction of sp³-hybridized carbons (Fsp3) is 0.235. The molecular formula is C17H17BrClFN2O. The highest BCUT2D eigenvalue weighted by atomic mass is 79.9. The Balaban J connectivity index is 2.13. The third kappa shape index (κ3) is 4.53. The lowest BCUT2D eigenvalue weighted by Crippen LogP contribution is -2.34. The van der Waals surface area contributed by atoms with E-state index in [1.54, 1.807) is 0 Å². The number of nitrogens with one attached hydrogen (secondary N) is 1. The Morgan fingerprint density at radius 2 is 2.00 bits per heavy atom. The van der Waals surface area contributed by atoms with Gasteiger partial charge in [0.1, 0.15) is 5.82 Å². The number of likely N-dealkylation sites (N-methyl/N-ethyl adjacent to an activating group) is 1. The van der Waals surface area contributed by atoms with E-state index in [-0.39, 0.29) is 11.9 Å². The van der Waals surface area contributed by atoms with Crippen LogP contribution >= 0.6 is 27.5 Å². The molecule has 122 valence electrons. The number of nitrogens with zero attached hydrogens (tertiary/aromatic N) is 1. The molecule has 0 unspecified atom stereocenters. The largest absolute Gasteiger partial charge is 0.350 e. The summed E-state index contributed by atoms with van der Waals surface area (Å²) in [4.78, 5) is 14.3. The zero-order valence-corrected chi connectivity index (χ0v) is 15.2. The van der Waals surface area contributed by atoms with E-state index in [9.17, 15) is 9.18 Å². The molecule has 0 bridgehead atoms. The topological polar surface area (TPSA) is 32.3 Å². The van der Waals surface area contributed by atoms with E-state index in [1.165, 1.54) is 18.2 Å². The molecule has 0 saturated heterocycles. The summed E-state index contributed by atoms with van der Waals surface area (Å²) in [7, 11) is 3.85. The summed E-state index contributed by atoms with van der Waals surface area (Å²) in [6, 6.07) is 11.5. The molecule has 6 heteroatoms. The van der Waals surface area contributed by atoms with E-state index in [0.717, 1.165) is 5.56 Å². The van der Waals surface area contributed by atoms with Crippen molar-refractivity contribution in [2.24, 2.45) is 0 Å². The molecule has 23 heavy (non-hydrogen) atoms. The first kappa shape index (κ1) is 17.9. The first-order valence-electron chi connectivity index (χ1n) is 7.04. The molecule has 0 aliphatic carbocycles. The van der Waals surface area contributed by atoms with Crippen molar-refractivity contribution in [2.45, 2.75) is 6.04 Å². The van der Waals surface area contributed by atoms with Gasteiger partial charge in [-0.25, -0.2) is 4.39 Å². The van der Waals surface area contributed by atoms with Gasteiger partial charge >= 0.3 is 0 Å². The van der Waals surface area contributed by atoms with Crippen LogP contribution in [0.15, 0.2) is 46.9 Å². The molecule has 0 saturated carbocycles. The summed E-state index contributed by atoms with van der Waals surface area (Å²) >= 11 is 9.46. The Bertz CT molecular complexity index is 709. The molecule has 0 heterocycles. The summed E-state index contributed by atoms with van der Waals surface area (Å²) in [5, 5.41) is 3.53. The van der Waals surface area contributed by atoms with Gasteiger partial charge < -0.3 is 10.2 Å². The predicted molar refractivity (Wildman–Crippen MR) is 94.3 cm³/mol. The van der Waals surface area contributed by atoms with E-state index >= 15 is 0 Å². The molecule has 0 fully saturated rings. The lowest BCUT2D eigenvalue weighted by Gasteiger charge is -2.26. The Morgan fingerprint density at radius 1 is 1.30 bits per heavy atom. The molecule has 0 aromatic heterocycles. The summed E-state index contributed by atoms with van der Waals surface area (Å²) in [5.41, 5.74) is 1.33. The number of halogens is 3. The van der Waals surface area contributed by atoms with Crippen molar-refractivity contribution in [3.05, 3.63) is 68.9 Å². The van der Waals surface area contributed by atoms with E-state index in [2.05, 4.69) is 21.2 Å². The Hall–Kier alpha value is -1.43. The minimum absolute atomic E-state index is 0.0631. The van der Waals surface area contributed by atoms with Crippen LogP contribution in [0.3, 0.4) is 0 Å². The molecule has 2 aromatic rings. The highest BCUT2D eigenvalue weighted by Gasteiger charge is 2.19. The summed E-state index contributed by atoms with van der Waals surface area (Å²) < 4.78 is 13.5. The molecule has 0 radical (unpaired) electrons. The van der Waals surface area contributed by atoms with Gasteiger partial charge in [-0.2, -0.15) is 0 Å². The number of carbonyl (C=O) groups is 1. The summed E-state index contributed by atoms with van der Waals surface area (Å²) in [6.07, 6.45) is 0. The molecule has 1 N–H and O–H groups in total. The monoisotopic (exact) mass is 398 g/mol. The average molecular weight is 400 g/mol. The fourth-order valence-electron chi connectivity index (χ4n) is 2.27. The maximum absolute atomic E-state index is 13.1. The Morgan fingerprint density at radius 3 is 2.61 bits per heavy atom. The van der Waals surface area contributed by atoms with Crippen LogP contribution in [0.4, 0.5) is 4.39 Å².